The predicted molar refractivity (Wildman–Crippen MR) is 100 cm³/mol. The van der Waals surface area contributed by atoms with Crippen LogP contribution in [0.4, 0.5) is 4.79 Å². The van der Waals surface area contributed by atoms with Gasteiger partial charge in [-0.05, 0) is 28.7 Å². The second-order valence-electron chi connectivity index (χ2n) is 6.94. The lowest BCUT2D eigenvalue weighted by Crippen LogP contribution is -2.40. The van der Waals surface area contributed by atoms with Crippen LogP contribution in [-0.2, 0) is 9.47 Å². The minimum Gasteiger partial charge on any atom is -0.448 e. The van der Waals surface area contributed by atoms with E-state index in [0.717, 1.165) is 6.42 Å². The highest BCUT2D eigenvalue weighted by Gasteiger charge is 2.36. The van der Waals surface area contributed by atoms with E-state index in [9.17, 15) is 4.79 Å². The van der Waals surface area contributed by atoms with Crippen LogP contribution in [0.5, 0.6) is 0 Å². The molecule has 2 N–H and O–H groups in total. The van der Waals surface area contributed by atoms with E-state index in [0.29, 0.717) is 19.7 Å². The molecule has 26 heavy (non-hydrogen) atoms. The first-order valence-corrected chi connectivity index (χ1v) is 9.07. The highest BCUT2D eigenvalue weighted by atomic mass is 16.6. The number of carbonyl (C=O) groups is 1. The van der Waals surface area contributed by atoms with E-state index in [1.165, 1.54) is 22.3 Å². The molecule has 1 aliphatic heterocycles. The molecule has 1 aliphatic carbocycles. The fourth-order valence-corrected chi connectivity index (χ4v) is 4.17. The number of ether oxygens (including phenoxy) is 2. The van der Waals surface area contributed by atoms with Crippen molar-refractivity contribution in [1.29, 1.82) is 0 Å². The molecule has 0 saturated carbocycles. The Bertz CT molecular complexity index is 762. The average molecular weight is 352 g/mol. The van der Waals surface area contributed by atoms with Crippen molar-refractivity contribution in [3.05, 3.63) is 59.7 Å². The number of fused-ring (bicyclic) bond motifs is 3. The van der Waals surface area contributed by atoms with E-state index >= 15 is 0 Å². The van der Waals surface area contributed by atoms with Crippen molar-refractivity contribution < 1.29 is 14.3 Å². The van der Waals surface area contributed by atoms with E-state index in [2.05, 4.69) is 24.3 Å². The Labute approximate surface area is 153 Å². The molecule has 2 aliphatic rings. The Morgan fingerprint density at radius 1 is 1.12 bits per heavy atom. The van der Waals surface area contributed by atoms with Gasteiger partial charge in [-0.2, -0.15) is 0 Å². The first kappa shape index (κ1) is 17.1. The third kappa shape index (κ3) is 2.87. The summed E-state index contributed by atoms with van der Waals surface area (Å²) in [5, 5.41) is 0. The van der Waals surface area contributed by atoms with Crippen LogP contribution in [0.25, 0.3) is 11.1 Å². The molecule has 2 atom stereocenters. The molecule has 2 unspecified atom stereocenters. The van der Waals surface area contributed by atoms with Crippen LogP contribution >= 0.6 is 0 Å². The van der Waals surface area contributed by atoms with Crippen molar-refractivity contribution in [2.24, 2.45) is 5.73 Å². The van der Waals surface area contributed by atoms with E-state index in [-0.39, 0.29) is 24.2 Å². The molecule has 1 saturated heterocycles. The minimum absolute atomic E-state index is 0.0180. The van der Waals surface area contributed by atoms with Crippen LogP contribution < -0.4 is 5.73 Å². The number of amides is 1. The molecule has 4 rings (SSSR count). The zero-order chi connectivity index (χ0) is 18.1. The Morgan fingerprint density at radius 2 is 1.73 bits per heavy atom. The highest BCUT2D eigenvalue weighted by molar-refractivity contribution is 5.79. The van der Waals surface area contributed by atoms with Gasteiger partial charge in [-0.25, -0.2) is 4.79 Å². The highest BCUT2D eigenvalue weighted by Crippen LogP contribution is 2.44. The van der Waals surface area contributed by atoms with Crippen molar-refractivity contribution in [1.82, 2.24) is 4.90 Å². The van der Waals surface area contributed by atoms with Gasteiger partial charge in [-0.3, -0.25) is 0 Å². The molecule has 5 nitrogen and oxygen atoms in total. The number of benzene rings is 2. The molecule has 2 aromatic rings. The number of hydrogen-bond acceptors (Lipinski definition) is 4. The second-order valence-corrected chi connectivity index (χ2v) is 6.94. The average Bonchev–Trinajstić information content (AvgIpc) is 3.25. The number of likely N-dealkylation sites (tertiary alicyclic amines) is 1. The first-order chi connectivity index (χ1) is 12.7. The van der Waals surface area contributed by atoms with E-state index < -0.39 is 0 Å². The van der Waals surface area contributed by atoms with Crippen LogP contribution in [0.3, 0.4) is 0 Å². The fourth-order valence-electron chi connectivity index (χ4n) is 4.17. The monoisotopic (exact) mass is 352 g/mol. The Morgan fingerprint density at radius 3 is 2.31 bits per heavy atom. The van der Waals surface area contributed by atoms with E-state index in [4.69, 9.17) is 15.2 Å². The summed E-state index contributed by atoms with van der Waals surface area (Å²) in [6.07, 6.45) is 0.489. The van der Waals surface area contributed by atoms with Crippen LogP contribution in [0, 0.1) is 0 Å². The summed E-state index contributed by atoms with van der Waals surface area (Å²) in [5.41, 5.74) is 10.7. The van der Waals surface area contributed by atoms with Gasteiger partial charge in [-0.1, -0.05) is 48.5 Å². The maximum Gasteiger partial charge on any atom is 0.410 e. The predicted octanol–water partition coefficient (Wildman–Crippen LogP) is 2.98. The van der Waals surface area contributed by atoms with Gasteiger partial charge in [0.05, 0.1) is 12.6 Å². The van der Waals surface area contributed by atoms with Crippen molar-refractivity contribution in [2.45, 2.75) is 24.5 Å². The molecule has 2 aromatic carbocycles. The van der Waals surface area contributed by atoms with Gasteiger partial charge >= 0.3 is 6.09 Å². The Kier molecular flexibility index (Phi) is 4.66. The zero-order valence-electron chi connectivity index (χ0n) is 14.9. The van der Waals surface area contributed by atoms with Gasteiger partial charge in [0.25, 0.3) is 0 Å². The Hall–Kier alpha value is -2.37. The molecule has 136 valence electrons. The standard InChI is InChI=1S/C21H24N2O3/c1-25-15-10-14(11-22)23(12-15)21(24)26-13-20-18-8-4-2-6-16(18)17-7-3-5-9-19(17)20/h2-9,14-15,20H,10-13,22H2,1H3. The lowest BCUT2D eigenvalue weighted by Gasteiger charge is -2.23. The number of nitrogens with two attached hydrogens (primary N) is 1. The van der Waals surface area contributed by atoms with Gasteiger partial charge in [-0.15, -0.1) is 0 Å². The maximum atomic E-state index is 12.6. The van der Waals surface area contributed by atoms with Crippen molar-refractivity contribution in [2.75, 3.05) is 26.8 Å². The smallest absolute Gasteiger partial charge is 0.410 e. The molecule has 0 aromatic heterocycles. The lowest BCUT2D eigenvalue weighted by molar-refractivity contribution is 0.0830. The minimum atomic E-state index is -0.304. The van der Waals surface area contributed by atoms with E-state index in [1.54, 1.807) is 12.0 Å². The van der Waals surface area contributed by atoms with Crippen LogP contribution in [0.1, 0.15) is 23.5 Å². The number of methoxy groups -OCH3 is 1. The first-order valence-electron chi connectivity index (χ1n) is 9.07. The van der Waals surface area contributed by atoms with Gasteiger partial charge in [0, 0.05) is 25.6 Å². The number of rotatable bonds is 4. The molecular weight excluding hydrogens is 328 g/mol. The SMILES string of the molecule is COC1CC(CN)N(C(=O)OCC2c3ccccc3-c3ccccc32)C1. The normalized spacial score (nSPS) is 21.5. The largest absolute Gasteiger partial charge is 0.448 e. The summed E-state index contributed by atoms with van der Waals surface area (Å²) < 4.78 is 11.1. The fraction of sp³-hybridized carbons (Fsp3) is 0.381. The summed E-state index contributed by atoms with van der Waals surface area (Å²) in [6.45, 7) is 1.29. The summed E-state index contributed by atoms with van der Waals surface area (Å²) in [7, 11) is 1.67. The molecule has 0 spiro atoms. The molecular formula is C21H24N2O3. The molecule has 0 radical (unpaired) electrons. The third-order valence-electron chi connectivity index (χ3n) is 5.55. The lowest BCUT2D eigenvalue weighted by atomic mass is 9.98. The summed E-state index contributed by atoms with van der Waals surface area (Å²) >= 11 is 0. The maximum absolute atomic E-state index is 12.6. The molecule has 1 heterocycles. The number of hydrogen-bond donors (Lipinski definition) is 1. The second kappa shape index (κ2) is 7.09. The summed E-state index contributed by atoms with van der Waals surface area (Å²) in [5.74, 6) is 0.0727. The van der Waals surface area contributed by atoms with Crippen molar-refractivity contribution in [3.63, 3.8) is 0 Å². The number of nitrogens with zero attached hydrogens (tertiary/aromatic N) is 1. The van der Waals surface area contributed by atoms with Crippen molar-refractivity contribution >= 4 is 6.09 Å². The molecule has 1 fully saturated rings. The van der Waals surface area contributed by atoms with Crippen LogP contribution in [0.15, 0.2) is 48.5 Å². The Balaban J connectivity index is 1.51. The van der Waals surface area contributed by atoms with Gasteiger partial charge in [0.2, 0.25) is 0 Å². The van der Waals surface area contributed by atoms with Crippen LogP contribution in [-0.4, -0.2) is 49.9 Å². The summed E-state index contributed by atoms with van der Waals surface area (Å²) in [6, 6.07) is 16.6. The van der Waals surface area contributed by atoms with Gasteiger partial charge < -0.3 is 20.1 Å². The molecule has 1 amide bonds. The number of carbonyl (C=O) groups excluding carboxylic acids is 1. The quantitative estimate of drug-likeness (QED) is 0.919. The van der Waals surface area contributed by atoms with Gasteiger partial charge in [0.1, 0.15) is 6.61 Å². The van der Waals surface area contributed by atoms with Crippen LogP contribution in [0.2, 0.25) is 0 Å². The summed E-state index contributed by atoms with van der Waals surface area (Å²) in [4.78, 5) is 14.4. The molecule has 5 heteroatoms. The third-order valence-corrected chi connectivity index (χ3v) is 5.55. The topological polar surface area (TPSA) is 64.8 Å². The van der Waals surface area contributed by atoms with E-state index in [1.807, 2.05) is 24.3 Å². The van der Waals surface area contributed by atoms with Crippen molar-refractivity contribution in [3.8, 4) is 11.1 Å². The van der Waals surface area contributed by atoms with Gasteiger partial charge in [0.15, 0.2) is 0 Å². The zero-order valence-corrected chi connectivity index (χ0v) is 14.9. The molecule has 0 bridgehead atoms.